The number of amides is 1. The van der Waals surface area contributed by atoms with Crippen molar-refractivity contribution in [3.63, 3.8) is 0 Å². The zero-order chi connectivity index (χ0) is 11.0. The highest BCUT2D eigenvalue weighted by Crippen LogP contribution is 2.01. The second-order valence-electron chi connectivity index (χ2n) is 3.82. The van der Waals surface area contributed by atoms with Crippen LogP contribution in [0.1, 0.15) is 20.3 Å². The normalized spacial score (nSPS) is 11.1. The van der Waals surface area contributed by atoms with E-state index in [0.717, 1.165) is 37.1 Å². The average Bonchev–Trinajstić information content (AvgIpc) is 2.23. The molecule has 0 aliphatic heterocycles. The lowest BCUT2D eigenvalue weighted by molar-refractivity contribution is -0.906. The fourth-order valence-electron chi connectivity index (χ4n) is 1.28. The van der Waals surface area contributed by atoms with Crippen molar-refractivity contribution in [2.24, 2.45) is 0 Å². The Bertz CT molecular complexity index is 186. The maximum atomic E-state index is 10.8. The second-order valence-corrected chi connectivity index (χ2v) is 3.82. The van der Waals surface area contributed by atoms with Crippen molar-refractivity contribution in [3.05, 3.63) is 12.7 Å². The summed E-state index contributed by atoms with van der Waals surface area (Å²) >= 11 is 0. The molecule has 0 bridgehead atoms. The molecule has 0 saturated heterocycles. The molecule has 0 heterocycles. The zero-order valence-electron chi connectivity index (χ0n) is 9.68. The molecule has 0 aliphatic carbocycles. The Morgan fingerprint density at radius 3 is 2.43 bits per heavy atom. The first-order chi connectivity index (χ1) is 6.58. The summed E-state index contributed by atoms with van der Waals surface area (Å²) in [6.07, 6.45) is 2.34. The molecule has 1 N–H and O–H groups in total. The van der Waals surface area contributed by atoms with Gasteiger partial charge >= 0.3 is 0 Å². The van der Waals surface area contributed by atoms with Crippen LogP contribution >= 0.6 is 0 Å². The summed E-state index contributed by atoms with van der Waals surface area (Å²) in [5, 5.41) is 2.79. The van der Waals surface area contributed by atoms with E-state index in [9.17, 15) is 4.79 Å². The lowest BCUT2D eigenvalue weighted by Crippen LogP contribution is -2.45. The minimum absolute atomic E-state index is 0.0767. The van der Waals surface area contributed by atoms with Gasteiger partial charge in [-0.15, -0.1) is 0 Å². The highest BCUT2D eigenvalue weighted by atomic mass is 16.1. The van der Waals surface area contributed by atoms with E-state index in [1.807, 2.05) is 0 Å². The molecule has 0 saturated carbocycles. The molecule has 0 aromatic heterocycles. The highest BCUT2D eigenvalue weighted by molar-refractivity contribution is 5.86. The van der Waals surface area contributed by atoms with Crippen LogP contribution in [0.4, 0.5) is 0 Å². The van der Waals surface area contributed by atoms with Crippen LogP contribution < -0.4 is 5.32 Å². The molecule has 0 aliphatic rings. The maximum absolute atomic E-state index is 10.8. The van der Waals surface area contributed by atoms with Crippen LogP contribution in [0.3, 0.4) is 0 Å². The van der Waals surface area contributed by atoms with Gasteiger partial charge in [-0.25, -0.2) is 0 Å². The first-order valence-corrected chi connectivity index (χ1v) is 5.31. The number of carbonyl (C=O) groups is 1. The van der Waals surface area contributed by atoms with E-state index in [-0.39, 0.29) is 5.91 Å². The Balaban J connectivity index is 3.62. The largest absolute Gasteiger partial charge is 0.352 e. The summed E-state index contributed by atoms with van der Waals surface area (Å²) in [5.41, 5.74) is 0. The van der Waals surface area contributed by atoms with Gasteiger partial charge < -0.3 is 9.80 Å². The van der Waals surface area contributed by atoms with Gasteiger partial charge in [0.1, 0.15) is 0 Å². The highest BCUT2D eigenvalue weighted by Gasteiger charge is 2.14. The number of rotatable bonds is 7. The van der Waals surface area contributed by atoms with Crippen LogP contribution in [0.25, 0.3) is 0 Å². The quantitative estimate of drug-likeness (QED) is 0.372. The van der Waals surface area contributed by atoms with Crippen LogP contribution in [-0.2, 0) is 4.79 Å². The predicted octanol–water partition coefficient (Wildman–Crippen LogP) is 1.17. The third-order valence-corrected chi connectivity index (χ3v) is 2.89. The number of nitrogens with zero attached hydrogens (tertiary/aromatic N) is 1. The van der Waals surface area contributed by atoms with Gasteiger partial charge in [-0.1, -0.05) is 6.58 Å². The van der Waals surface area contributed by atoms with Gasteiger partial charge in [0.2, 0.25) is 5.91 Å². The predicted molar refractivity (Wildman–Crippen MR) is 60.0 cm³/mol. The van der Waals surface area contributed by atoms with Gasteiger partial charge in [0.05, 0.1) is 26.7 Å². The lowest BCUT2D eigenvalue weighted by Gasteiger charge is -2.32. The number of hydrogen-bond acceptors (Lipinski definition) is 1. The first kappa shape index (κ1) is 13.2. The topological polar surface area (TPSA) is 29.1 Å². The molecule has 1 amide bonds. The molecule has 0 unspecified atom stereocenters. The smallest absolute Gasteiger partial charge is 0.243 e. The van der Waals surface area contributed by atoms with Gasteiger partial charge in [-0.2, -0.15) is 0 Å². The fourth-order valence-corrected chi connectivity index (χ4v) is 1.28. The third-order valence-electron chi connectivity index (χ3n) is 2.89. The molecule has 0 fully saturated rings. The van der Waals surface area contributed by atoms with E-state index in [1.165, 1.54) is 6.08 Å². The molecule has 3 heteroatoms. The molecule has 0 aromatic carbocycles. The van der Waals surface area contributed by atoms with Crippen molar-refractivity contribution in [1.29, 1.82) is 0 Å². The summed E-state index contributed by atoms with van der Waals surface area (Å²) in [6, 6.07) is 0. The Hall–Kier alpha value is -0.830. The minimum atomic E-state index is -0.0767. The Labute approximate surface area is 87.4 Å². The van der Waals surface area contributed by atoms with E-state index in [1.54, 1.807) is 0 Å². The molecule has 82 valence electrons. The molecule has 0 radical (unpaired) electrons. The molecule has 3 nitrogen and oxygen atoms in total. The van der Waals surface area contributed by atoms with Crippen LogP contribution in [0.5, 0.6) is 0 Å². The van der Waals surface area contributed by atoms with E-state index in [4.69, 9.17) is 0 Å². The molecular formula is C11H23N2O+. The maximum Gasteiger partial charge on any atom is 0.243 e. The van der Waals surface area contributed by atoms with E-state index < -0.39 is 0 Å². The van der Waals surface area contributed by atoms with Crippen molar-refractivity contribution < 1.29 is 9.28 Å². The molecule has 0 aromatic rings. The van der Waals surface area contributed by atoms with Gasteiger partial charge in [-0.05, 0) is 19.9 Å². The number of nitrogens with one attached hydrogen (secondary N) is 1. The molecular weight excluding hydrogens is 176 g/mol. The van der Waals surface area contributed by atoms with Crippen molar-refractivity contribution in [2.45, 2.75) is 20.3 Å². The summed E-state index contributed by atoms with van der Waals surface area (Å²) < 4.78 is 1.07. The number of hydrogen-bond donors (Lipinski definition) is 1. The molecule has 0 spiro atoms. The summed E-state index contributed by atoms with van der Waals surface area (Å²) in [5.74, 6) is -0.0767. The van der Waals surface area contributed by atoms with Gasteiger partial charge in [0.15, 0.2) is 0 Å². The van der Waals surface area contributed by atoms with Crippen LogP contribution in [0, 0.1) is 0 Å². The summed E-state index contributed by atoms with van der Waals surface area (Å²) in [6.45, 7) is 12.0. The Kier molecular flexibility index (Phi) is 6.21. The van der Waals surface area contributed by atoms with Crippen molar-refractivity contribution in [2.75, 3.05) is 33.2 Å². The molecule has 0 rings (SSSR count). The van der Waals surface area contributed by atoms with Crippen LogP contribution in [0.2, 0.25) is 0 Å². The van der Waals surface area contributed by atoms with Gasteiger partial charge in [0, 0.05) is 13.0 Å². The van der Waals surface area contributed by atoms with Crippen molar-refractivity contribution in [1.82, 2.24) is 5.32 Å². The van der Waals surface area contributed by atoms with E-state index >= 15 is 0 Å². The third kappa shape index (κ3) is 5.02. The second kappa shape index (κ2) is 6.60. The van der Waals surface area contributed by atoms with Gasteiger partial charge in [0.25, 0.3) is 0 Å². The van der Waals surface area contributed by atoms with Crippen molar-refractivity contribution in [3.8, 4) is 0 Å². The average molecular weight is 199 g/mol. The van der Waals surface area contributed by atoms with E-state index in [2.05, 4.69) is 32.8 Å². The Morgan fingerprint density at radius 1 is 1.43 bits per heavy atom. The van der Waals surface area contributed by atoms with Crippen molar-refractivity contribution >= 4 is 5.91 Å². The number of quaternary nitrogens is 1. The van der Waals surface area contributed by atoms with Crippen LogP contribution in [-0.4, -0.2) is 43.6 Å². The zero-order valence-corrected chi connectivity index (χ0v) is 9.68. The SMILES string of the molecule is C=CC(=O)NCCC[N+](C)(CC)CC. The minimum Gasteiger partial charge on any atom is -0.352 e. The summed E-state index contributed by atoms with van der Waals surface area (Å²) in [7, 11) is 2.25. The molecule has 14 heavy (non-hydrogen) atoms. The summed E-state index contributed by atoms with van der Waals surface area (Å²) in [4.78, 5) is 10.8. The lowest BCUT2D eigenvalue weighted by atomic mass is 10.3. The molecule has 0 atom stereocenters. The first-order valence-electron chi connectivity index (χ1n) is 5.31. The van der Waals surface area contributed by atoms with E-state index in [0.29, 0.717) is 0 Å². The van der Waals surface area contributed by atoms with Crippen LogP contribution in [0.15, 0.2) is 12.7 Å². The van der Waals surface area contributed by atoms with Gasteiger partial charge in [-0.3, -0.25) is 4.79 Å². The standard InChI is InChI=1S/C11H22N2O/c1-5-11(14)12-9-8-10-13(4,6-2)7-3/h5H,1,6-10H2,2-4H3/p+1. The monoisotopic (exact) mass is 199 g/mol. The Morgan fingerprint density at radius 2 is 2.00 bits per heavy atom. The number of carbonyl (C=O) groups excluding carboxylic acids is 1. The fraction of sp³-hybridized carbons (Fsp3) is 0.727.